The maximum absolute atomic E-state index is 12.5. The van der Waals surface area contributed by atoms with Crippen LogP contribution >= 0.6 is 11.3 Å². The number of amides is 3. The maximum Gasteiger partial charge on any atom is 0.407 e. The van der Waals surface area contributed by atoms with Crippen molar-refractivity contribution in [3.63, 3.8) is 0 Å². The number of nitrogens with one attached hydrogen (secondary N) is 3. The van der Waals surface area contributed by atoms with Crippen LogP contribution in [0.2, 0.25) is 0 Å². The van der Waals surface area contributed by atoms with Gasteiger partial charge in [0.05, 0.1) is 32.8 Å². The number of carbonyl (C=O) groups excluding carboxylic acids is 4. The molecule has 0 bridgehead atoms. The Hall–Kier alpha value is -5.24. The zero-order chi connectivity index (χ0) is 33.4. The highest BCUT2D eigenvalue weighted by Crippen LogP contribution is 2.18. The number of aromatic nitrogens is 4. The fourth-order valence-corrected chi connectivity index (χ4v) is 5.41. The first-order chi connectivity index (χ1) is 22.8. The van der Waals surface area contributed by atoms with Crippen LogP contribution in [0.5, 0.6) is 0 Å². The fraction of sp³-hybridized carbons (Fsp3) is 0.333. The summed E-state index contributed by atoms with van der Waals surface area (Å²) in [6.45, 7) is 0.303. The van der Waals surface area contributed by atoms with Crippen LogP contribution in [0, 0.1) is 0 Å². The summed E-state index contributed by atoms with van der Waals surface area (Å²) >= 11 is 1.35. The van der Waals surface area contributed by atoms with E-state index in [9.17, 15) is 19.2 Å². The first kappa shape index (κ1) is 34.6. The van der Waals surface area contributed by atoms with Gasteiger partial charge in [-0.3, -0.25) is 14.4 Å². The Morgan fingerprint density at radius 1 is 0.702 bits per heavy atom. The summed E-state index contributed by atoms with van der Waals surface area (Å²) < 4.78 is 9.26. The quantitative estimate of drug-likeness (QED) is 0.117. The Kier molecular flexibility index (Phi) is 13.3. The summed E-state index contributed by atoms with van der Waals surface area (Å²) in [6.07, 6.45) is 3.81. The number of benzene rings is 2. The largest absolute Gasteiger partial charge is 0.469 e. The summed E-state index contributed by atoms with van der Waals surface area (Å²) in [5.41, 5.74) is 4.29. The van der Waals surface area contributed by atoms with Crippen LogP contribution < -0.4 is 16.0 Å². The Labute approximate surface area is 276 Å². The van der Waals surface area contributed by atoms with Crippen molar-refractivity contribution in [2.45, 2.75) is 57.9 Å². The van der Waals surface area contributed by atoms with E-state index in [0.717, 1.165) is 52.2 Å². The van der Waals surface area contributed by atoms with E-state index in [1.54, 1.807) is 6.07 Å². The van der Waals surface area contributed by atoms with Crippen molar-refractivity contribution >= 4 is 46.2 Å². The van der Waals surface area contributed by atoms with Gasteiger partial charge in [0, 0.05) is 19.4 Å². The van der Waals surface area contributed by atoms with Gasteiger partial charge in [0.1, 0.15) is 5.01 Å². The lowest BCUT2D eigenvalue weighted by molar-refractivity contribution is -0.140. The van der Waals surface area contributed by atoms with E-state index < -0.39 is 6.09 Å². The third kappa shape index (κ3) is 12.2. The van der Waals surface area contributed by atoms with Crippen molar-refractivity contribution in [1.82, 2.24) is 25.7 Å². The third-order valence-electron chi connectivity index (χ3n) is 6.95. The lowest BCUT2D eigenvalue weighted by Crippen LogP contribution is -2.22. The molecule has 2 aromatic carbocycles. The molecule has 0 aliphatic carbocycles. The molecule has 3 N–H and O–H groups in total. The number of nitrogens with zero attached hydrogens (tertiary/aromatic N) is 4. The Bertz CT molecular complexity index is 1660. The van der Waals surface area contributed by atoms with E-state index in [0.29, 0.717) is 30.3 Å². The van der Waals surface area contributed by atoms with E-state index in [1.165, 1.54) is 25.6 Å². The smallest absolute Gasteiger partial charge is 0.407 e. The standard InChI is InChI=1S/C33H37N7O6S/c1-45-31(43)16-13-22-7-5-8-23(17-22)19-28(41)35-27-15-14-26(37-38-27)11-3-4-12-30-39-40-32(47-30)36-29(42)20-24-9-6-10-25(18-24)21-34-33(44)46-2/h5-10,14-15,17-18H,3-4,11-13,16,19-21H2,1-2H3,(H,34,44)(H,35,38,41)(H,36,40,42). The van der Waals surface area contributed by atoms with Crippen LogP contribution in [-0.4, -0.2) is 58.5 Å². The first-order valence-electron chi connectivity index (χ1n) is 15.1. The number of aryl methyl sites for hydroxylation is 3. The molecule has 0 aliphatic heterocycles. The first-order valence-corrected chi connectivity index (χ1v) is 15.9. The van der Waals surface area contributed by atoms with Gasteiger partial charge in [0.15, 0.2) is 5.82 Å². The van der Waals surface area contributed by atoms with Crippen LogP contribution in [0.1, 0.15) is 52.2 Å². The minimum absolute atomic E-state index is 0.165. The predicted molar refractivity (Wildman–Crippen MR) is 176 cm³/mol. The van der Waals surface area contributed by atoms with Gasteiger partial charge in [-0.2, -0.15) is 5.10 Å². The summed E-state index contributed by atoms with van der Waals surface area (Å²) in [5.74, 6) is -0.296. The zero-order valence-corrected chi connectivity index (χ0v) is 27.1. The number of anilines is 2. The van der Waals surface area contributed by atoms with Crippen molar-refractivity contribution in [3.05, 3.63) is 93.6 Å². The van der Waals surface area contributed by atoms with Gasteiger partial charge >= 0.3 is 12.1 Å². The molecule has 0 spiro atoms. The number of carbonyl (C=O) groups is 4. The molecule has 246 valence electrons. The van der Waals surface area contributed by atoms with Gasteiger partial charge in [-0.1, -0.05) is 59.9 Å². The van der Waals surface area contributed by atoms with Crippen molar-refractivity contribution in [2.75, 3.05) is 24.9 Å². The molecule has 0 fully saturated rings. The molecule has 0 radical (unpaired) electrons. The maximum atomic E-state index is 12.5. The molecule has 0 saturated carbocycles. The van der Waals surface area contributed by atoms with Crippen LogP contribution in [0.15, 0.2) is 60.7 Å². The van der Waals surface area contributed by atoms with Gasteiger partial charge in [0.25, 0.3) is 0 Å². The molecule has 2 aromatic heterocycles. The van der Waals surface area contributed by atoms with Gasteiger partial charge in [0.2, 0.25) is 16.9 Å². The van der Waals surface area contributed by atoms with E-state index in [2.05, 4.69) is 45.8 Å². The molecule has 47 heavy (non-hydrogen) atoms. The topological polar surface area (TPSA) is 174 Å². The highest BCUT2D eigenvalue weighted by Gasteiger charge is 2.11. The Morgan fingerprint density at radius 2 is 1.38 bits per heavy atom. The minimum Gasteiger partial charge on any atom is -0.469 e. The molecule has 4 aromatic rings. The van der Waals surface area contributed by atoms with Crippen molar-refractivity contribution in [3.8, 4) is 0 Å². The van der Waals surface area contributed by atoms with E-state index in [1.807, 2.05) is 54.6 Å². The second-order valence-electron chi connectivity index (χ2n) is 10.6. The van der Waals surface area contributed by atoms with Crippen LogP contribution in [0.3, 0.4) is 0 Å². The second kappa shape index (κ2) is 18.0. The highest BCUT2D eigenvalue weighted by atomic mass is 32.1. The number of ether oxygens (including phenoxy) is 2. The van der Waals surface area contributed by atoms with Gasteiger partial charge in [-0.05, 0) is 60.1 Å². The third-order valence-corrected chi connectivity index (χ3v) is 7.85. The monoisotopic (exact) mass is 659 g/mol. The van der Waals surface area contributed by atoms with Crippen molar-refractivity contribution in [2.24, 2.45) is 0 Å². The van der Waals surface area contributed by atoms with Crippen molar-refractivity contribution in [1.29, 1.82) is 0 Å². The molecule has 0 atom stereocenters. The summed E-state index contributed by atoms with van der Waals surface area (Å²) in [5, 5.41) is 26.1. The van der Waals surface area contributed by atoms with Gasteiger partial charge < -0.3 is 25.4 Å². The summed E-state index contributed by atoms with van der Waals surface area (Å²) in [7, 11) is 2.67. The number of hydrogen-bond donors (Lipinski definition) is 3. The Morgan fingerprint density at radius 3 is 2.09 bits per heavy atom. The molecule has 3 amide bonds. The molecule has 4 rings (SSSR count). The lowest BCUT2D eigenvalue weighted by Gasteiger charge is -2.07. The molecule has 0 saturated heterocycles. The molecule has 0 unspecified atom stereocenters. The molecular formula is C33H37N7O6S. The van der Waals surface area contributed by atoms with Crippen LogP contribution in [0.4, 0.5) is 15.7 Å². The second-order valence-corrected chi connectivity index (χ2v) is 11.7. The number of esters is 1. The highest BCUT2D eigenvalue weighted by molar-refractivity contribution is 7.15. The molecule has 14 heteroatoms. The van der Waals surface area contributed by atoms with E-state index in [-0.39, 0.29) is 37.0 Å². The predicted octanol–water partition coefficient (Wildman–Crippen LogP) is 4.22. The molecule has 0 aliphatic rings. The molecule has 13 nitrogen and oxygen atoms in total. The fourth-order valence-electron chi connectivity index (χ4n) is 4.61. The minimum atomic E-state index is -0.517. The van der Waals surface area contributed by atoms with Gasteiger partial charge in [-0.25, -0.2) is 4.79 Å². The zero-order valence-electron chi connectivity index (χ0n) is 26.3. The Balaban J connectivity index is 1.14. The SMILES string of the molecule is COC(=O)CCc1cccc(CC(=O)Nc2ccc(CCCCc3nnc(NC(=O)Cc4cccc(CNC(=O)OC)c4)s3)nn2)c1. The number of methoxy groups -OCH3 is 2. The van der Waals surface area contributed by atoms with Crippen LogP contribution in [-0.2, 0) is 62.5 Å². The molecule has 2 heterocycles. The number of unbranched alkanes of at least 4 members (excludes halogenated alkanes) is 1. The number of alkyl carbamates (subject to hydrolysis) is 1. The van der Waals surface area contributed by atoms with E-state index >= 15 is 0 Å². The lowest BCUT2D eigenvalue weighted by atomic mass is 10.0. The van der Waals surface area contributed by atoms with Crippen LogP contribution in [0.25, 0.3) is 0 Å². The number of hydrogen-bond acceptors (Lipinski definition) is 11. The average molecular weight is 660 g/mol. The van der Waals surface area contributed by atoms with Crippen molar-refractivity contribution < 1.29 is 28.7 Å². The summed E-state index contributed by atoms with van der Waals surface area (Å²) in [4.78, 5) is 47.8. The van der Waals surface area contributed by atoms with E-state index in [4.69, 9.17) is 0 Å². The average Bonchev–Trinajstić information content (AvgIpc) is 3.52. The normalized spacial score (nSPS) is 10.6. The number of rotatable bonds is 16. The van der Waals surface area contributed by atoms with Gasteiger partial charge in [-0.15, -0.1) is 15.3 Å². The molecular weight excluding hydrogens is 622 g/mol. The summed E-state index contributed by atoms with van der Waals surface area (Å²) in [6, 6.07) is 18.5.